The fourth-order valence-electron chi connectivity index (χ4n) is 3.87. The van der Waals surface area contributed by atoms with E-state index in [1.165, 1.54) is 27.7 Å². The normalized spacial score (nSPS) is 13.6. The average Bonchev–Trinajstić information content (AvgIpc) is 2.82. The van der Waals surface area contributed by atoms with Crippen LogP contribution in [-0.2, 0) is 57.9 Å². The molecular weight excluding hydrogens is 847 g/mol. The molecule has 0 aliphatic rings. The summed E-state index contributed by atoms with van der Waals surface area (Å²) in [7, 11) is -5.61. The van der Waals surface area contributed by atoms with E-state index in [9.17, 15) is 71.9 Å². The van der Waals surface area contributed by atoms with Gasteiger partial charge in [-0.05, 0) is 11.1 Å². The molecule has 0 heterocycles. The Morgan fingerprint density at radius 3 is 0.651 bits per heavy atom. The first-order valence-electron chi connectivity index (χ1n) is 11.2. The molecule has 0 saturated carbocycles. The van der Waals surface area contributed by atoms with Crippen LogP contribution < -0.4 is 0 Å². The molecule has 23 heteroatoms. The molecule has 0 bridgehead atoms. The third kappa shape index (κ3) is 11.0. The molecule has 0 aliphatic carbocycles. The van der Waals surface area contributed by atoms with E-state index in [4.69, 9.17) is 17.7 Å². The van der Waals surface area contributed by atoms with E-state index in [0.29, 0.717) is 0 Å². The van der Waals surface area contributed by atoms with Crippen molar-refractivity contribution in [2.75, 3.05) is 28.4 Å². The van der Waals surface area contributed by atoms with Crippen LogP contribution in [0.15, 0.2) is 0 Å². The standard InChI is InChI=1S/2C10H14F6O4Si.Pt/c2*1-5(2)21(19-3,20-4)6(7(17)9(11,12)13)8(18)10(14,15)16;/h2*5-6H,1-4H3;/q;;+2. The Balaban J connectivity index is -0.000000727. The minimum Gasteiger partial charge on any atom is -0.397 e. The summed E-state index contributed by atoms with van der Waals surface area (Å²) in [5, 5.41) is 0. The number of carbonyl (C=O) groups excluding carboxylic acids is 4. The minimum absolute atomic E-state index is 0. The van der Waals surface area contributed by atoms with Crippen LogP contribution in [0.2, 0.25) is 22.2 Å². The number of hydrogen-bond acceptors (Lipinski definition) is 8. The molecule has 0 saturated heterocycles. The van der Waals surface area contributed by atoms with Crippen LogP contribution in [0.3, 0.4) is 0 Å². The molecule has 0 aliphatic heterocycles. The second-order valence-electron chi connectivity index (χ2n) is 8.88. The van der Waals surface area contributed by atoms with Crippen molar-refractivity contribution < 1.29 is 111 Å². The van der Waals surface area contributed by atoms with Crippen molar-refractivity contribution >= 4 is 40.3 Å². The number of ketones is 4. The summed E-state index contributed by atoms with van der Waals surface area (Å²) in [5.41, 5.74) is -8.13. The second-order valence-corrected chi connectivity index (χ2v) is 16.9. The maximum absolute atomic E-state index is 12.6. The van der Waals surface area contributed by atoms with E-state index in [1.54, 1.807) is 0 Å². The van der Waals surface area contributed by atoms with Crippen LogP contribution >= 0.6 is 0 Å². The number of rotatable bonds is 12. The van der Waals surface area contributed by atoms with Gasteiger partial charge in [-0.2, -0.15) is 52.7 Å². The molecule has 0 radical (unpaired) electrons. The fourth-order valence-corrected chi connectivity index (χ4v) is 10.5. The van der Waals surface area contributed by atoms with Crippen molar-refractivity contribution in [2.24, 2.45) is 0 Å². The predicted octanol–water partition coefficient (Wildman–Crippen LogP) is 5.53. The van der Waals surface area contributed by atoms with E-state index in [-0.39, 0.29) is 21.1 Å². The van der Waals surface area contributed by atoms with Crippen LogP contribution in [0, 0.1) is 0 Å². The molecular formula is C20H28F12O8PtSi2+2. The van der Waals surface area contributed by atoms with E-state index < -0.39 is 87.1 Å². The summed E-state index contributed by atoms with van der Waals surface area (Å²) >= 11 is 0. The van der Waals surface area contributed by atoms with Crippen molar-refractivity contribution in [3.8, 4) is 0 Å². The van der Waals surface area contributed by atoms with Gasteiger partial charge in [0.05, 0.1) is 0 Å². The zero-order valence-corrected chi connectivity index (χ0v) is 27.7. The molecule has 256 valence electrons. The predicted molar refractivity (Wildman–Crippen MR) is 121 cm³/mol. The Bertz CT molecular complexity index is 830. The van der Waals surface area contributed by atoms with Crippen LogP contribution in [0.1, 0.15) is 27.7 Å². The average molecular weight is 876 g/mol. The quantitative estimate of drug-likeness (QED) is 0.144. The molecule has 0 fully saturated rings. The Kier molecular flexibility index (Phi) is 17.6. The van der Waals surface area contributed by atoms with Crippen molar-refractivity contribution in [2.45, 2.75) is 74.6 Å². The van der Waals surface area contributed by atoms with Crippen molar-refractivity contribution in [1.82, 2.24) is 0 Å². The minimum atomic E-state index is -5.62. The van der Waals surface area contributed by atoms with Gasteiger partial charge in [0, 0.05) is 28.4 Å². The summed E-state index contributed by atoms with van der Waals surface area (Å²) in [5.74, 6) is -11.2. The van der Waals surface area contributed by atoms with Gasteiger partial charge in [-0.3, -0.25) is 19.2 Å². The van der Waals surface area contributed by atoms with E-state index in [0.717, 1.165) is 28.4 Å². The zero-order valence-electron chi connectivity index (χ0n) is 23.4. The number of carbonyl (C=O) groups is 4. The molecule has 0 aromatic heterocycles. The molecule has 0 aromatic rings. The zero-order chi connectivity index (χ0) is 34.4. The molecule has 0 atom stereocenters. The Labute approximate surface area is 253 Å². The molecule has 0 amide bonds. The van der Waals surface area contributed by atoms with E-state index >= 15 is 0 Å². The van der Waals surface area contributed by atoms with Crippen LogP contribution in [0.5, 0.6) is 0 Å². The van der Waals surface area contributed by atoms with Gasteiger partial charge < -0.3 is 17.7 Å². The number of Topliss-reactive ketones (excluding diaryl/α,β-unsaturated/α-hetero) is 4. The molecule has 0 spiro atoms. The number of halogens is 12. The molecule has 43 heavy (non-hydrogen) atoms. The molecule has 0 rings (SSSR count). The topological polar surface area (TPSA) is 105 Å². The van der Waals surface area contributed by atoms with Crippen LogP contribution in [0.4, 0.5) is 52.7 Å². The fraction of sp³-hybridized carbons (Fsp3) is 0.800. The summed E-state index contributed by atoms with van der Waals surface area (Å²) in [6.07, 6.45) is -22.5. The van der Waals surface area contributed by atoms with E-state index in [1.807, 2.05) is 0 Å². The summed E-state index contributed by atoms with van der Waals surface area (Å²) in [6.45, 7) is 4.89. The maximum atomic E-state index is 12.6. The van der Waals surface area contributed by atoms with Gasteiger partial charge in [0.15, 0.2) is 0 Å². The van der Waals surface area contributed by atoms with Gasteiger partial charge in [-0.1, -0.05) is 27.7 Å². The van der Waals surface area contributed by atoms with Crippen LogP contribution in [-0.4, -0.2) is 93.4 Å². The maximum Gasteiger partial charge on any atom is 2.00 e. The van der Waals surface area contributed by atoms with Gasteiger partial charge in [0.25, 0.3) is 0 Å². The Morgan fingerprint density at radius 1 is 0.442 bits per heavy atom. The van der Waals surface area contributed by atoms with Gasteiger partial charge >= 0.3 is 62.9 Å². The summed E-state index contributed by atoms with van der Waals surface area (Å²) < 4.78 is 170. The third-order valence-corrected chi connectivity index (χ3v) is 14.3. The largest absolute Gasteiger partial charge is 2.00 e. The van der Waals surface area contributed by atoms with Gasteiger partial charge in [-0.15, -0.1) is 0 Å². The smallest absolute Gasteiger partial charge is 0.397 e. The monoisotopic (exact) mass is 875 g/mol. The van der Waals surface area contributed by atoms with Gasteiger partial charge in [-0.25, -0.2) is 0 Å². The summed E-state index contributed by atoms with van der Waals surface area (Å²) in [4.78, 5) is 45.4. The first-order chi connectivity index (χ1) is 18.5. The van der Waals surface area contributed by atoms with Crippen LogP contribution in [0.25, 0.3) is 0 Å². The second kappa shape index (κ2) is 16.4. The Hall–Kier alpha value is -1.20. The van der Waals surface area contributed by atoms with Crippen molar-refractivity contribution in [1.29, 1.82) is 0 Å². The number of alkyl halides is 12. The summed E-state index contributed by atoms with van der Waals surface area (Å²) in [6, 6.07) is 0. The third-order valence-electron chi connectivity index (χ3n) is 5.86. The molecule has 0 unspecified atom stereocenters. The first kappa shape index (κ1) is 46.2. The molecule has 0 aromatic carbocycles. The molecule has 8 nitrogen and oxygen atoms in total. The first-order valence-corrected chi connectivity index (χ1v) is 15.1. The van der Waals surface area contributed by atoms with Crippen molar-refractivity contribution in [3.63, 3.8) is 0 Å². The van der Waals surface area contributed by atoms with Gasteiger partial charge in [0.2, 0.25) is 23.1 Å². The van der Waals surface area contributed by atoms with Crippen molar-refractivity contribution in [3.05, 3.63) is 0 Å². The SMILES string of the molecule is CO[Si](OC)(C(C)C)C(C(=O)C(F)(F)F)C(=O)C(F)(F)F.CO[Si](OC)(C(C)C)C(C(=O)C(F)(F)F)C(=O)C(F)(F)F.[Pt+2]. The number of hydrogen-bond donors (Lipinski definition) is 0. The van der Waals surface area contributed by atoms with Gasteiger partial charge in [0.1, 0.15) is 11.1 Å². The molecule has 0 N–H and O–H groups in total. The van der Waals surface area contributed by atoms with E-state index in [2.05, 4.69) is 0 Å². The Morgan fingerprint density at radius 2 is 0.581 bits per heavy atom.